The first kappa shape index (κ1) is 13.7. The number of rotatable bonds is 3. The minimum atomic E-state index is -0.0150. The summed E-state index contributed by atoms with van der Waals surface area (Å²) in [6.07, 6.45) is 0.147. The molecule has 0 radical (unpaired) electrons. The summed E-state index contributed by atoms with van der Waals surface area (Å²) in [7, 11) is 0. The molecule has 2 rings (SSSR count). The van der Waals surface area contributed by atoms with Gasteiger partial charge in [-0.1, -0.05) is 0 Å². The highest BCUT2D eigenvalue weighted by Crippen LogP contribution is 2.14. The quantitative estimate of drug-likeness (QED) is 0.835. The average molecular weight is 264 g/mol. The number of hydrogen-bond acceptors (Lipinski definition) is 4. The zero-order valence-corrected chi connectivity index (χ0v) is 11.3. The summed E-state index contributed by atoms with van der Waals surface area (Å²) in [5, 5.41) is 0. The SMILES string of the molecule is C[C@H]1CN(C(=O)COc2ccc(N)cc2)C[C@H](C)O1. The molecule has 1 amide bonds. The maximum absolute atomic E-state index is 12.1. The van der Waals surface area contributed by atoms with Gasteiger partial charge in [0.05, 0.1) is 12.2 Å². The Morgan fingerprint density at radius 1 is 1.32 bits per heavy atom. The van der Waals surface area contributed by atoms with Crippen LogP contribution in [0.2, 0.25) is 0 Å². The average Bonchev–Trinajstić information content (AvgIpc) is 2.36. The Bertz CT molecular complexity index is 423. The standard InChI is InChI=1S/C14H20N2O3/c1-10-7-16(8-11(2)19-10)14(17)9-18-13-5-3-12(15)4-6-13/h3-6,10-11H,7-9,15H2,1-2H3/t10-,11-/m0/s1. The van der Waals surface area contributed by atoms with Crippen molar-refractivity contribution < 1.29 is 14.3 Å². The van der Waals surface area contributed by atoms with Gasteiger partial charge in [-0.3, -0.25) is 4.79 Å². The van der Waals surface area contributed by atoms with E-state index in [0.717, 1.165) is 0 Å². The fraction of sp³-hybridized carbons (Fsp3) is 0.500. The molecule has 19 heavy (non-hydrogen) atoms. The van der Waals surface area contributed by atoms with Crippen LogP contribution in [0.4, 0.5) is 5.69 Å². The zero-order chi connectivity index (χ0) is 13.8. The first-order valence-electron chi connectivity index (χ1n) is 6.46. The minimum Gasteiger partial charge on any atom is -0.484 e. The third-order valence-electron chi connectivity index (χ3n) is 3.01. The Morgan fingerprint density at radius 3 is 2.47 bits per heavy atom. The van der Waals surface area contributed by atoms with Crippen molar-refractivity contribution in [2.24, 2.45) is 0 Å². The molecule has 1 aliphatic rings. The molecule has 0 unspecified atom stereocenters. The Hall–Kier alpha value is -1.75. The van der Waals surface area contributed by atoms with Crippen LogP contribution in [0, 0.1) is 0 Å². The number of morpholine rings is 1. The predicted octanol–water partition coefficient (Wildman–Crippen LogP) is 1.28. The van der Waals surface area contributed by atoms with E-state index in [1.165, 1.54) is 0 Å². The van der Waals surface area contributed by atoms with Gasteiger partial charge in [0.1, 0.15) is 5.75 Å². The third kappa shape index (κ3) is 3.86. The first-order valence-corrected chi connectivity index (χ1v) is 6.46. The number of carbonyl (C=O) groups is 1. The molecule has 5 heteroatoms. The van der Waals surface area contributed by atoms with Crippen molar-refractivity contribution in [2.45, 2.75) is 26.1 Å². The van der Waals surface area contributed by atoms with Gasteiger partial charge in [0.25, 0.3) is 5.91 Å². The Kier molecular flexibility index (Phi) is 4.27. The number of anilines is 1. The number of nitrogens with two attached hydrogens (primary N) is 1. The van der Waals surface area contributed by atoms with Crippen molar-refractivity contribution in [3.05, 3.63) is 24.3 Å². The van der Waals surface area contributed by atoms with E-state index in [1.54, 1.807) is 29.2 Å². The molecule has 0 bridgehead atoms. The van der Waals surface area contributed by atoms with Gasteiger partial charge in [0.2, 0.25) is 0 Å². The van der Waals surface area contributed by atoms with Gasteiger partial charge < -0.3 is 20.1 Å². The van der Waals surface area contributed by atoms with Gasteiger partial charge in [0.15, 0.2) is 6.61 Å². The highest BCUT2D eigenvalue weighted by Gasteiger charge is 2.25. The molecule has 2 atom stereocenters. The topological polar surface area (TPSA) is 64.8 Å². The van der Waals surface area contributed by atoms with E-state index in [9.17, 15) is 4.79 Å². The Labute approximate surface area is 113 Å². The molecule has 0 aromatic heterocycles. The number of benzene rings is 1. The summed E-state index contributed by atoms with van der Waals surface area (Å²) in [5.41, 5.74) is 6.26. The van der Waals surface area contributed by atoms with Crippen LogP contribution in [0.1, 0.15) is 13.8 Å². The number of ether oxygens (including phenoxy) is 2. The van der Waals surface area contributed by atoms with Crippen molar-refractivity contribution in [3.63, 3.8) is 0 Å². The molecule has 0 spiro atoms. The molecule has 104 valence electrons. The van der Waals surface area contributed by atoms with Crippen LogP contribution in [-0.4, -0.2) is 42.7 Å². The van der Waals surface area contributed by atoms with E-state index in [2.05, 4.69) is 0 Å². The van der Waals surface area contributed by atoms with Crippen molar-refractivity contribution >= 4 is 11.6 Å². The summed E-state index contributed by atoms with van der Waals surface area (Å²) in [6.45, 7) is 5.22. The maximum Gasteiger partial charge on any atom is 0.260 e. The highest BCUT2D eigenvalue weighted by molar-refractivity contribution is 5.78. The van der Waals surface area contributed by atoms with Crippen molar-refractivity contribution in [1.82, 2.24) is 4.90 Å². The van der Waals surface area contributed by atoms with E-state index in [-0.39, 0.29) is 24.7 Å². The molecule has 0 aliphatic carbocycles. The van der Waals surface area contributed by atoms with Crippen LogP contribution in [0.25, 0.3) is 0 Å². The van der Waals surface area contributed by atoms with Crippen LogP contribution < -0.4 is 10.5 Å². The van der Waals surface area contributed by atoms with Gasteiger partial charge in [-0.2, -0.15) is 0 Å². The van der Waals surface area contributed by atoms with E-state index in [1.807, 2.05) is 13.8 Å². The summed E-state index contributed by atoms with van der Waals surface area (Å²) >= 11 is 0. The maximum atomic E-state index is 12.1. The van der Waals surface area contributed by atoms with Gasteiger partial charge in [0, 0.05) is 18.8 Å². The monoisotopic (exact) mass is 264 g/mol. The van der Waals surface area contributed by atoms with Gasteiger partial charge in [-0.25, -0.2) is 0 Å². The lowest BCUT2D eigenvalue weighted by Gasteiger charge is -2.35. The van der Waals surface area contributed by atoms with Crippen LogP contribution in [0.15, 0.2) is 24.3 Å². The van der Waals surface area contributed by atoms with E-state index in [0.29, 0.717) is 24.5 Å². The normalized spacial score (nSPS) is 23.2. The van der Waals surface area contributed by atoms with Crippen LogP contribution in [0.5, 0.6) is 5.75 Å². The van der Waals surface area contributed by atoms with E-state index < -0.39 is 0 Å². The summed E-state index contributed by atoms with van der Waals surface area (Å²) in [5.74, 6) is 0.635. The number of carbonyl (C=O) groups excluding carboxylic acids is 1. The molecule has 1 aromatic rings. The van der Waals surface area contributed by atoms with E-state index in [4.69, 9.17) is 15.2 Å². The summed E-state index contributed by atoms with van der Waals surface area (Å²) < 4.78 is 11.1. The molecule has 1 saturated heterocycles. The van der Waals surface area contributed by atoms with Crippen LogP contribution in [0.3, 0.4) is 0 Å². The van der Waals surface area contributed by atoms with Crippen LogP contribution in [-0.2, 0) is 9.53 Å². The molecule has 2 N–H and O–H groups in total. The van der Waals surface area contributed by atoms with Crippen molar-refractivity contribution in [2.75, 3.05) is 25.4 Å². The lowest BCUT2D eigenvalue weighted by molar-refractivity contribution is -0.145. The molecule has 5 nitrogen and oxygen atoms in total. The lowest BCUT2D eigenvalue weighted by Crippen LogP contribution is -2.49. The number of nitrogen functional groups attached to an aromatic ring is 1. The largest absolute Gasteiger partial charge is 0.484 e. The highest BCUT2D eigenvalue weighted by atomic mass is 16.5. The van der Waals surface area contributed by atoms with E-state index >= 15 is 0 Å². The minimum absolute atomic E-state index is 0.0150. The Morgan fingerprint density at radius 2 is 1.89 bits per heavy atom. The zero-order valence-electron chi connectivity index (χ0n) is 11.3. The lowest BCUT2D eigenvalue weighted by atomic mass is 10.2. The first-order chi connectivity index (χ1) is 9.04. The molecule has 1 aromatic carbocycles. The molecule has 1 heterocycles. The predicted molar refractivity (Wildman–Crippen MR) is 72.9 cm³/mol. The summed E-state index contributed by atoms with van der Waals surface area (Å²) in [6, 6.07) is 7.01. The fourth-order valence-corrected chi connectivity index (χ4v) is 2.18. The molecule has 1 fully saturated rings. The molecular weight excluding hydrogens is 244 g/mol. The smallest absolute Gasteiger partial charge is 0.260 e. The third-order valence-corrected chi connectivity index (χ3v) is 3.01. The molecule has 1 aliphatic heterocycles. The number of nitrogens with zero attached hydrogens (tertiary/aromatic N) is 1. The number of hydrogen-bond donors (Lipinski definition) is 1. The molecular formula is C14H20N2O3. The fourth-order valence-electron chi connectivity index (χ4n) is 2.18. The molecule has 0 saturated carbocycles. The summed E-state index contributed by atoms with van der Waals surface area (Å²) in [4.78, 5) is 13.8. The van der Waals surface area contributed by atoms with Crippen LogP contribution >= 0.6 is 0 Å². The second kappa shape index (κ2) is 5.93. The second-order valence-corrected chi connectivity index (χ2v) is 4.91. The van der Waals surface area contributed by atoms with Gasteiger partial charge in [-0.15, -0.1) is 0 Å². The second-order valence-electron chi connectivity index (χ2n) is 4.91. The van der Waals surface area contributed by atoms with Crippen molar-refractivity contribution in [1.29, 1.82) is 0 Å². The Balaban J connectivity index is 1.85. The van der Waals surface area contributed by atoms with Gasteiger partial charge in [-0.05, 0) is 38.1 Å². The van der Waals surface area contributed by atoms with Crippen molar-refractivity contribution in [3.8, 4) is 5.75 Å². The number of amides is 1. The van der Waals surface area contributed by atoms with Gasteiger partial charge >= 0.3 is 0 Å².